The van der Waals surface area contributed by atoms with Crippen LogP contribution in [-0.4, -0.2) is 35.9 Å². The number of amides is 1. The summed E-state index contributed by atoms with van der Waals surface area (Å²) in [6.45, 7) is 4.06. The quantitative estimate of drug-likeness (QED) is 0.658. The number of anilines is 1. The molecule has 0 aliphatic rings. The van der Waals surface area contributed by atoms with Gasteiger partial charge in [-0.25, -0.2) is 0 Å². The fraction of sp³-hybridized carbons (Fsp3) is 0.556. The van der Waals surface area contributed by atoms with Crippen molar-refractivity contribution in [3.63, 3.8) is 0 Å². The lowest BCUT2D eigenvalue weighted by molar-refractivity contribution is 0.0906. The third-order valence-electron chi connectivity index (χ3n) is 2.00. The van der Waals surface area contributed by atoms with Crippen molar-refractivity contribution in [2.45, 2.75) is 19.9 Å². The summed E-state index contributed by atoms with van der Waals surface area (Å²) in [6, 6.07) is -0.0591. The average Bonchev–Trinajstić information content (AvgIpc) is 2.46. The van der Waals surface area contributed by atoms with E-state index in [1.165, 1.54) is 0 Å². The van der Waals surface area contributed by atoms with Gasteiger partial charge in [0, 0.05) is 18.8 Å². The van der Waals surface area contributed by atoms with Gasteiger partial charge in [0.1, 0.15) is 5.56 Å². The Morgan fingerprint density at radius 2 is 2.40 bits per heavy atom. The number of nitrogens with two attached hydrogens (primary N) is 1. The van der Waals surface area contributed by atoms with Crippen molar-refractivity contribution in [3.05, 3.63) is 11.3 Å². The van der Waals surface area contributed by atoms with Gasteiger partial charge in [-0.3, -0.25) is 9.89 Å². The Bertz CT molecular complexity index is 328. The number of carbonyl (C=O) groups excluding carboxylic acids is 1. The largest absolute Gasteiger partial charge is 0.383 e. The lowest BCUT2D eigenvalue weighted by Crippen LogP contribution is -2.36. The number of hydrogen-bond acceptors (Lipinski definition) is 4. The lowest BCUT2D eigenvalue weighted by Gasteiger charge is -2.12. The maximum atomic E-state index is 11.7. The Morgan fingerprint density at radius 3 is 2.87 bits per heavy atom. The van der Waals surface area contributed by atoms with Crippen molar-refractivity contribution in [2.75, 3.05) is 19.5 Å². The van der Waals surface area contributed by atoms with E-state index in [1.807, 2.05) is 6.92 Å². The highest BCUT2D eigenvalue weighted by atomic mass is 16.5. The topological polar surface area (TPSA) is 93.0 Å². The molecule has 1 unspecified atom stereocenters. The summed E-state index contributed by atoms with van der Waals surface area (Å²) in [4.78, 5) is 11.7. The minimum Gasteiger partial charge on any atom is -0.383 e. The second-order valence-electron chi connectivity index (χ2n) is 3.44. The monoisotopic (exact) mass is 212 g/mol. The van der Waals surface area contributed by atoms with E-state index in [4.69, 9.17) is 10.5 Å². The van der Waals surface area contributed by atoms with Crippen LogP contribution in [0.3, 0.4) is 0 Å². The maximum Gasteiger partial charge on any atom is 0.257 e. The Morgan fingerprint density at radius 1 is 1.73 bits per heavy atom. The second-order valence-corrected chi connectivity index (χ2v) is 3.44. The number of aromatic nitrogens is 2. The van der Waals surface area contributed by atoms with Crippen molar-refractivity contribution in [1.29, 1.82) is 0 Å². The van der Waals surface area contributed by atoms with Gasteiger partial charge in [-0.2, -0.15) is 5.10 Å². The zero-order valence-electron chi connectivity index (χ0n) is 9.13. The number of H-pyrrole nitrogens is 1. The highest BCUT2D eigenvalue weighted by Crippen LogP contribution is 2.11. The number of carbonyl (C=O) groups is 1. The minimum absolute atomic E-state index is 0.0591. The number of rotatable bonds is 4. The molecule has 1 aromatic rings. The number of nitrogens with one attached hydrogen (secondary N) is 2. The molecule has 6 nitrogen and oxygen atoms in total. The number of aromatic amines is 1. The molecule has 1 heterocycles. The van der Waals surface area contributed by atoms with E-state index in [1.54, 1.807) is 14.0 Å². The molecule has 0 radical (unpaired) electrons. The number of hydrogen-bond donors (Lipinski definition) is 3. The summed E-state index contributed by atoms with van der Waals surface area (Å²) in [5.74, 6) is -0.0158. The van der Waals surface area contributed by atoms with Crippen LogP contribution < -0.4 is 11.1 Å². The summed E-state index contributed by atoms with van der Waals surface area (Å²) in [7, 11) is 1.58. The van der Waals surface area contributed by atoms with Crippen molar-refractivity contribution in [2.24, 2.45) is 0 Å². The zero-order valence-corrected chi connectivity index (χ0v) is 9.13. The molecule has 0 saturated carbocycles. The van der Waals surface area contributed by atoms with Crippen LogP contribution in [0.5, 0.6) is 0 Å². The molecule has 0 aliphatic carbocycles. The fourth-order valence-corrected chi connectivity index (χ4v) is 1.32. The summed E-state index contributed by atoms with van der Waals surface area (Å²) in [6.07, 6.45) is 0. The van der Waals surface area contributed by atoms with Crippen LogP contribution in [0.25, 0.3) is 0 Å². The van der Waals surface area contributed by atoms with Crippen LogP contribution >= 0.6 is 0 Å². The SMILES string of the molecule is COCC(C)NC(=O)c1c(N)n[nH]c1C. The molecule has 0 aromatic carbocycles. The first kappa shape index (κ1) is 11.5. The fourth-order valence-electron chi connectivity index (χ4n) is 1.32. The molecule has 84 valence electrons. The van der Waals surface area contributed by atoms with E-state index >= 15 is 0 Å². The molecule has 1 rings (SSSR count). The molecular formula is C9H16N4O2. The molecule has 4 N–H and O–H groups in total. The molecule has 1 aromatic heterocycles. The van der Waals surface area contributed by atoms with E-state index in [-0.39, 0.29) is 17.8 Å². The van der Waals surface area contributed by atoms with Crippen LogP contribution in [0.15, 0.2) is 0 Å². The van der Waals surface area contributed by atoms with E-state index < -0.39 is 0 Å². The van der Waals surface area contributed by atoms with E-state index in [2.05, 4.69) is 15.5 Å². The molecular weight excluding hydrogens is 196 g/mol. The van der Waals surface area contributed by atoms with Crippen LogP contribution in [0.4, 0.5) is 5.82 Å². The van der Waals surface area contributed by atoms with E-state index in [0.29, 0.717) is 17.9 Å². The number of methoxy groups -OCH3 is 1. The third-order valence-corrected chi connectivity index (χ3v) is 2.00. The predicted octanol–water partition coefficient (Wildman–Crippen LogP) is 0.0650. The zero-order chi connectivity index (χ0) is 11.4. The second kappa shape index (κ2) is 4.79. The van der Waals surface area contributed by atoms with Gasteiger partial charge in [0.15, 0.2) is 5.82 Å². The lowest BCUT2D eigenvalue weighted by atomic mass is 10.2. The van der Waals surface area contributed by atoms with Gasteiger partial charge in [0.25, 0.3) is 5.91 Å². The standard InChI is InChI=1S/C9H16N4O2/c1-5(4-15-3)11-9(14)7-6(2)12-13-8(7)10/h5H,4H2,1-3H3,(H,11,14)(H3,10,12,13). The first-order valence-corrected chi connectivity index (χ1v) is 4.66. The highest BCUT2D eigenvalue weighted by molar-refractivity contribution is 5.99. The van der Waals surface area contributed by atoms with Crippen molar-refractivity contribution in [1.82, 2.24) is 15.5 Å². The van der Waals surface area contributed by atoms with Crippen LogP contribution in [0.1, 0.15) is 23.0 Å². The third kappa shape index (κ3) is 2.69. The van der Waals surface area contributed by atoms with E-state index in [0.717, 1.165) is 0 Å². The first-order chi connectivity index (χ1) is 7.06. The molecule has 0 spiro atoms. The smallest absolute Gasteiger partial charge is 0.257 e. The maximum absolute atomic E-state index is 11.7. The predicted molar refractivity (Wildman–Crippen MR) is 56.5 cm³/mol. The summed E-state index contributed by atoms with van der Waals surface area (Å²) < 4.78 is 4.91. The number of aryl methyl sites for hydroxylation is 1. The molecule has 0 bridgehead atoms. The normalized spacial score (nSPS) is 12.5. The molecule has 15 heavy (non-hydrogen) atoms. The van der Waals surface area contributed by atoms with Gasteiger partial charge >= 0.3 is 0 Å². The number of nitrogen functional groups attached to an aromatic ring is 1. The Labute approximate surface area is 88.2 Å². The summed E-state index contributed by atoms with van der Waals surface area (Å²) >= 11 is 0. The highest BCUT2D eigenvalue weighted by Gasteiger charge is 2.17. The average molecular weight is 212 g/mol. The Kier molecular flexibility index (Phi) is 3.68. The molecule has 6 heteroatoms. The number of nitrogens with zero attached hydrogens (tertiary/aromatic N) is 1. The Hall–Kier alpha value is -1.56. The van der Waals surface area contributed by atoms with Gasteiger partial charge in [-0.15, -0.1) is 0 Å². The molecule has 1 atom stereocenters. The molecule has 1 amide bonds. The van der Waals surface area contributed by atoms with E-state index in [9.17, 15) is 4.79 Å². The van der Waals surface area contributed by atoms with Gasteiger partial charge in [-0.1, -0.05) is 0 Å². The van der Waals surface area contributed by atoms with Crippen molar-refractivity contribution >= 4 is 11.7 Å². The Balaban J connectivity index is 2.69. The number of ether oxygens (including phenoxy) is 1. The molecule has 0 aliphatic heterocycles. The minimum atomic E-state index is -0.233. The molecule has 0 fully saturated rings. The van der Waals surface area contributed by atoms with Crippen LogP contribution in [-0.2, 0) is 4.74 Å². The summed E-state index contributed by atoms with van der Waals surface area (Å²) in [5, 5.41) is 9.17. The molecule has 0 saturated heterocycles. The van der Waals surface area contributed by atoms with Gasteiger partial charge in [-0.05, 0) is 13.8 Å². The van der Waals surface area contributed by atoms with Crippen LogP contribution in [0, 0.1) is 6.92 Å². The van der Waals surface area contributed by atoms with Crippen LogP contribution in [0.2, 0.25) is 0 Å². The van der Waals surface area contributed by atoms with Gasteiger partial charge in [0.05, 0.1) is 6.61 Å². The summed E-state index contributed by atoms with van der Waals surface area (Å²) in [5.41, 5.74) is 6.62. The first-order valence-electron chi connectivity index (χ1n) is 4.66. The van der Waals surface area contributed by atoms with Gasteiger partial charge < -0.3 is 15.8 Å². The van der Waals surface area contributed by atoms with Crippen molar-refractivity contribution < 1.29 is 9.53 Å². The van der Waals surface area contributed by atoms with Gasteiger partial charge in [0.2, 0.25) is 0 Å². The van der Waals surface area contributed by atoms with Crippen molar-refractivity contribution in [3.8, 4) is 0 Å².